The first-order valence-electron chi connectivity index (χ1n) is 9.22. The van der Waals surface area contributed by atoms with Crippen LogP contribution >= 0.6 is 0 Å². The van der Waals surface area contributed by atoms with Gasteiger partial charge < -0.3 is 10.2 Å². The SMILES string of the molecule is CCCCCC(O)C#C/C=C/CCCCCCCCCC(=O)O. The molecular weight excluding hydrogens is 288 g/mol. The van der Waals surface area contributed by atoms with Gasteiger partial charge in [0.25, 0.3) is 0 Å². The van der Waals surface area contributed by atoms with E-state index in [1.54, 1.807) is 0 Å². The van der Waals surface area contributed by atoms with Crippen LogP contribution in [0.3, 0.4) is 0 Å². The molecule has 0 bridgehead atoms. The molecule has 0 aliphatic carbocycles. The number of hydrogen-bond donors (Lipinski definition) is 2. The first-order valence-corrected chi connectivity index (χ1v) is 9.22. The highest BCUT2D eigenvalue weighted by molar-refractivity contribution is 5.66. The van der Waals surface area contributed by atoms with Crippen LogP contribution in [-0.4, -0.2) is 22.3 Å². The van der Waals surface area contributed by atoms with Crippen molar-refractivity contribution in [1.29, 1.82) is 0 Å². The summed E-state index contributed by atoms with van der Waals surface area (Å²) in [5.41, 5.74) is 0. The fourth-order valence-electron chi connectivity index (χ4n) is 2.37. The van der Waals surface area contributed by atoms with Crippen molar-refractivity contribution in [3.05, 3.63) is 12.2 Å². The van der Waals surface area contributed by atoms with E-state index in [-0.39, 0.29) is 0 Å². The largest absolute Gasteiger partial charge is 0.481 e. The third kappa shape index (κ3) is 18.7. The van der Waals surface area contributed by atoms with Crippen molar-refractivity contribution in [2.45, 2.75) is 96.5 Å². The zero-order valence-electron chi connectivity index (χ0n) is 14.7. The van der Waals surface area contributed by atoms with Crippen LogP contribution in [0.5, 0.6) is 0 Å². The topological polar surface area (TPSA) is 57.5 Å². The minimum absolute atomic E-state index is 0.305. The normalized spacial score (nSPS) is 12.1. The number of hydrogen-bond acceptors (Lipinski definition) is 2. The molecule has 0 aromatic heterocycles. The van der Waals surface area contributed by atoms with Gasteiger partial charge in [-0.2, -0.15) is 0 Å². The Balaban J connectivity index is 3.36. The Labute approximate surface area is 142 Å². The van der Waals surface area contributed by atoms with Crippen molar-refractivity contribution in [2.24, 2.45) is 0 Å². The van der Waals surface area contributed by atoms with E-state index < -0.39 is 12.1 Å². The minimum Gasteiger partial charge on any atom is -0.481 e. The summed E-state index contributed by atoms with van der Waals surface area (Å²) in [7, 11) is 0. The van der Waals surface area contributed by atoms with E-state index in [4.69, 9.17) is 5.11 Å². The summed E-state index contributed by atoms with van der Waals surface area (Å²) in [6.45, 7) is 2.15. The van der Waals surface area contributed by atoms with Crippen LogP contribution < -0.4 is 0 Å². The molecule has 1 unspecified atom stereocenters. The Morgan fingerprint density at radius 2 is 1.65 bits per heavy atom. The Hall–Kier alpha value is -1.27. The Morgan fingerprint density at radius 1 is 1.00 bits per heavy atom. The fourth-order valence-corrected chi connectivity index (χ4v) is 2.37. The summed E-state index contributed by atoms with van der Waals surface area (Å²) in [4.78, 5) is 10.3. The number of carboxylic acid groups (broad SMARTS) is 1. The maximum atomic E-state index is 10.3. The molecule has 0 fully saturated rings. The molecule has 0 aliphatic rings. The summed E-state index contributed by atoms with van der Waals surface area (Å²) < 4.78 is 0. The van der Waals surface area contributed by atoms with Gasteiger partial charge in [0.05, 0.1) is 0 Å². The molecule has 23 heavy (non-hydrogen) atoms. The molecule has 0 radical (unpaired) electrons. The third-order valence-electron chi connectivity index (χ3n) is 3.79. The predicted molar refractivity (Wildman–Crippen MR) is 96.3 cm³/mol. The summed E-state index contributed by atoms with van der Waals surface area (Å²) in [5, 5.41) is 18.2. The van der Waals surface area contributed by atoms with Crippen LogP contribution in [0.4, 0.5) is 0 Å². The van der Waals surface area contributed by atoms with Crippen LogP contribution in [0.1, 0.15) is 90.4 Å². The van der Waals surface area contributed by atoms with Crippen molar-refractivity contribution in [2.75, 3.05) is 0 Å². The van der Waals surface area contributed by atoms with Crippen molar-refractivity contribution in [3.8, 4) is 11.8 Å². The third-order valence-corrected chi connectivity index (χ3v) is 3.79. The Bertz CT molecular complexity index is 363. The van der Waals surface area contributed by atoms with Gasteiger partial charge in [-0.05, 0) is 38.2 Å². The number of aliphatic hydroxyl groups is 1. The molecule has 0 saturated carbocycles. The molecule has 132 valence electrons. The molecule has 2 N–H and O–H groups in total. The second-order valence-electron chi connectivity index (χ2n) is 6.11. The van der Waals surface area contributed by atoms with E-state index in [2.05, 4.69) is 24.8 Å². The maximum absolute atomic E-state index is 10.3. The quantitative estimate of drug-likeness (QED) is 0.346. The van der Waals surface area contributed by atoms with Crippen molar-refractivity contribution in [3.63, 3.8) is 0 Å². The molecule has 0 aliphatic heterocycles. The van der Waals surface area contributed by atoms with E-state index in [0.29, 0.717) is 6.42 Å². The molecular formula is C20H34O3. The number of aliphatic carboxylic acids is 1. The summed E-state index contributed by atoms with van der Waals surface area (Å²) in [6, 6.07) is 0. The molecule has 3 heteroatoms. The minimum atomic E-state index is -0.687. The molecule has 0 aromatic carbocycles. The first kappa shape index (κ1) is 21.7. The number of unbranched alkanes of at least 4 members (excludes halogenated alkanes) is 9. The molecule has 0 aromatic rings. The maximum Gasteiger partial charge on any atom is 0.303 e. The Morgan fingerprint density at radius 3 is 2.30 bits per heavy atom. The number of allylic oxidation sites excluding steroid dienone is 2. The second-order valence-corrected chi connectivity index (χ2v) is 6.11. The van der Waals surface area contributed by atoms with Crippen LogP contribution in [0.15, 0.2) is 12.2 Å². The fraction of sp³-hybridized carbons (Fsp3) is 0.750. The molecule has 0 heterocycles. The highest BCUT2D eigenvalue weighted by Crippen LogP contribution is 2.10. The van der Waals surface area contributed by atoms with Crippen molar-refractivity contribution < 1.29 is 15.0 Å². The van der Waals surface area contributed by atoms with Crippen LogP contribution in [0.2, 0.25) is 0 Å². The lowest BCUT2D eigenvalue weighted by molar-refractivity contribution is -0.137. The molecule has 0 saturated heterocycles. The van der Waals surface area contributed by atoms with E-state index in [1.807, 2.05) is 6.08 Å². The first-order chi connectivity index (χ1) is 11.2. The molecule has 0 rings (SSSR count). The van der Waals surface area contributed by atoms with Gasteiger partial charge in [0.15, 0.2) is 0 Å². The molecule has 0 amide bonds. The van der Waals surface area contributed by atoms with Gasteiger partial charge in [0.1, 0.15) is 6.10 Å². The van der Waals surface area contributed by atoms with E-state index in [1.165, 1.54) is 32.1 Å². The summed E-state index contributed by atoms with van der Waals surface area (Å²) in [5.74, 6) is 5.09. The van der Waals surface area contributed by atoms with Gasteiger partial charge in [-0.1, -0.05) is 69.8 Å². The highest BCUT2D eigenvalue weighted by atomic mass is 16.4. The zero-order chi connectivity index (χ0) is 17.2. The summed E-state index contributed by atoms with van der Waals surface area (Å²) >= 11 is 0. The number of carbonyl (C=O) groups is 1. The van der Waals surface area contributed by atoms with Gasteiger partial charge >= 0.3 is 5.97 Å². The van der Waals surface area contributed by atoms with Gasteiger partial charge in [0.2, 0.25) is 0 Å². The van der Waals surface area contributed by atoms with Gasteiger partial charge in [0, 0.05) is 6.42 Å². The lowest BCUT2D eigenvalue weighted by Crippen LogP contribution is -2.01. The standard InChI is InChI=1S/C20H34O3/c1-2-3-13-16-19(21)17-14-11-9-7-5-4-6-8-10-12-15-18-20(22)23/h9,11,19,21H,2-8,10,12-13,15-16,18H2,1H3,(H,22,23)/b11-9+. The average molecular weight is 322 g/mol. The van der Waals surface area contributed by atoms with Gasteiger partial charge in [-0.15, -0.1) is 0 Å². The molecule has 1 atom stereocenters. The number of carboxylic acids is 1. The van der Waals surface area contributed by atoms with E-state index in [0.717, 1.165) is 44.9 Å². The van der Waals surface area contributed by atoms with Crippen molar-refractivity contribution in [1.82, 2.24) is 0 Å². The number of rotatable bonds is 14. The van der Waals surface area contributed by atoms with E-state index in [9.17, 15) is 9.90 Å². The van der Waals surface area contributed by atoms with Crippen LogP contribution in [0, 0.1) is 11.8 Å². The Kier molecular flexibility index (Phi) is 16.1. The number of aliphatic hydroxyl groups excluding tert-OH is 1. The smallest absolute Gasteiger partial charge is 0.303 e. The highest BCUT2D eigenvalue weighted by Gasteiger charge is 1.97. The average Bonchev–Trinajstić information content (AvgIpc) is 2.51. The lowest BCUT2D eigenvalue weighted by Gasteiger charge is -2.00. The molecule has 3 nitrogen and oxygen atoms in total. The van der Waals surface area contributed by atoms with Crippen LogP contribution in [0.25, 0.3) is 0 Å². The second kappa shape index (κ2) is 17.1. The monoisotopic (exact) mass is 322 g/mol. The van der Waals surface area contributed by atoms with Gasteiger partial charge in [-0.3, -0.25) is 4.79 Å². The lowest BCUT2D eigenvalue weighted by atomic mass is 10.1. The zero-order valence-corrected chi connectivity index (χ0v) is 14.7. The summed E-state index contributed by atoms with van der Waals surface area (Å²) in [6.07, 6.45) is 16.8. The predicted octanol–water partition coefficient (Wildman–Crippen LogP) is 5.08. The molecule has 0 spiro atoms. The van der Waals surface area contributed by atoms with E-state index >= 15 is 0 Å². The van der Waals surface area contributed by atoms with Crippen molar-refractivity contribution >= 4 is 5.97 Å². The van der Waals surface area contributed by atoms with Crippen LogP contribution in [-0.2, 0) is 4.79 Å². The van der Waals surface area contributed by atoms with Gasteiger partial charge in [-0.25, -0.2) is 0 Å².